The molecule has 1 spiro atoms. The van der Waals surface area contributed by atoms with Crippen molar-refractivity contribution in [2.45, 2.75) is 56.5 Å². The standard InChI is InChI=1S/C15H24N4O3.ClH/c16-9-11(10-3-4-10)17-12(20)5-8-19-13(21)15(18-14(19)22)6-1-2-7-15;/h10-11H,1-9,16H2,(H,17,20)(H,18,22);1H. The molecular weight excluding hydrogens is 320 g/mol. The highest BCUT2D eigenvalue weighted by atomic mass is 35.5. The molecule has 3 rings (SSSR count). The highest BCUT2D eigenvalue weighted by molar-refractivity contribution is 6.07. The van der Waals surface area contributed by atoms with Crippen LogP contribution in [0.15, 0.2) is 0 Å². The van der Waals surface area contributed by atoms with E-state index in [1.807, 2.05) is 0 Å². The van der Waals surface area contributed by atoms with E-state index in [1.165, 1.54) is 4.90 Å². The molecule has 0 radical (unpaired) electrons. The van der Waals surface area contributed by atoms with Crippen LogP contribution in [0.25, 0.3) is 0 Å². The SMILES string of the molecule is Cl.NCC(NC(=O)CCN1C(=O)NC2(CCCC2)C1=O)C1CC1. The number of carbonyl (C=O) groups excluding carboxylic acids is 3. The third kappa shape index (κ3) is 3.61. The number of imide groups is 1. The smallest absolute Gasteiger partial charge is 0.325 e. The van der Waals surface area contributed by atoms with Gasteiger partial charge in [-0.1, -0.05) is 12.8 Å². The van der Waals surface area contributed by atoms with E-state index in [9.17, 15) is 14.4 Å². The maximum Gasteiger partial charge on any atom is 0.325 e. The quantitative estimate of drug-likeness (QED) is 0.611. The van der Waals surface area contributed by atoms with Crippen molar-refractivity contribution in [2.24, 2.45) is 11.7 Å². The number of hydrogen-bond donors (Lipinski definition) is 3. The Morgan fingerprint density at radius 1 is 1.35 bits per heavy atom. The second-order valence-electron chi connectivity index (χ2n) is 6.67. The lowest BCUT2D eigenvalue weighted by atomic mass is 9.98. The summed E-state index contributed by atoms with van der Waals surface area (Å²) in [6.07, 6.45) is 5.68. The maximum atomic E-state index is 12.4. The summed E-state index contributed by atoms with van der Waals surface area (Å²) in [5.74, 6) is 0.183. The zero-order valence-corrected chi connectivity index (χ0v) is 14.0. The van der Waals surface area contributed by atoms with Crippen LogP contribution in [0.1, 0.15) is 44.9 Å². The van der Waals surface area contributed by atoms with E-state index < -0.39 is 5.54 Å². The van der Waals surface area contributed by atoms with Gasteiger partial charge in [0.2, 0.25) is 5.91 Å². The first-order chi connectivity index (χ1) is 10.6. The zero-order chi connectivity index (χ0) is 15.7. The zero-order valence-electron chi connectivity index (χ0n) is 13.2. The van der Waals surface area contributed by atoms with Gasteiger partial charge in [-0.25, -0.2) is 4.79 Å². The molecular formula is C15H25ClN4O3. The average molecular weight is 345 g/mol. The number of nitrogens with two attached hydrogens (primary N) is 1. The predicted octanol–water partition coefficient (Wildman–Crippen LogP) is 0.516. The molecule has 0 aromatic rings. The lowest BCUT2D eigenvalue weighted by molar-refractivity contribution is -0.131. The van der Waals surface area contributed by atoms with Crippen LogP contribution >= 0.6 is 12.4 Å². The van der Waals surface area contributed by atoms with Crippen LogP contribution in [0.3, 0.4) is 0 Å². The van der Waals surface area contributed by atoms with Gasteiger partial charge in [0.05, 0.1) is 0 Å². The van der Waals surface area contributed by atoms with Crippen molar-refractivity contribution < 1.29 is 14.4 Å². The lowest BCUT2D eigenvalue weighted by Crippen LogP contribution is -2.45. The van der Waals surface area contributed by atoms with E-state index in [-0.39, 0.29) is 49.3 Å². The molecule has 0 bridgehead atoms. The van der Waals surface area contributed by atoms with E-state index in [1.54, 1.807) is 0 Å². The fraction of sp³-hybridized carbons (Fsp3) is 0.800. The third-order valence-corrected chi connectivity index (χ3v) is 5.06. The van der Waals surface area contributed by atoms with Crippen molar-refractivity contribution in [1.29, 1.82) is 0 Å². The number of halogens is 1. The summed E-state index contributed by atoms with van der Waals surface area (Å²) in [6.45, 7) is 0.572. The molecule has 0 aromatic carbocycles. The minimum Gasteiger partial charge on any atom is -0.352 e. The van der Waals surface area contributed by atoms with Crippen LogP contribution in [0.2, 0.25) is 0 Å². The number of rotatable bonds is 6. The molecule has 3 aliphatic rings. The summed E-state index contributed by atoms with van der Waals surface area (Å²) < 4.78 is 0. The molecule has 0 aromatic heterocycles. The molecule has 8 heteroatoms. The molecule has 130 valence electrons. The normalized spacial score (nSPS) is 23.6. The largest absolute Gasteiger partial charge is 0.352 e. The summed E-state index contributed by atoms with van der Waals surface area (Å²) in [6, 6.07) is -0.339. The van der Waals surface area contributed by atoms with Gasteiger partial charge >= 0.3 is 6.03 Å². The first kappa shape index (κ1) is 18.0. The molecule has 2 aliphatic carbocycles. The van der Waals surface area contributed by atoms with Crippen molar-refractivity contribution in [2.75, 3.05) is 13.1 Å². The fourth-order valence-corrected chi connectivity index (χ4v) is 3.56. The minimum atomic E-state index is -0.693. The van der Waals surface area contributed by atoms with Gasteiger partial charge in [-0.15, -0.1) is 12.4 Å². The third-order valence-electron chi connectivity index (χ3n) is 5.06. The Labute approximate surface area is 142 Å². The Hall–Kier alpha value is -1.34. The van der Waals surface area contributed by atoms with Crippen LogP contribution in [0.5, 0.6) is 0 Å². The van der Waals surface area contributed by atoms with Crippen molar-refractivity contribution in [1.82, 2.24) is 15.5 Å². The highest BCUT2D eigenvalue weighted by Gasteiger charge is 2.52. The monoisotopic (exact) mass is 344 g/mol. The highest BCUT2D eigenvalue weighted by Crippen LogP contribution is 2.35. The number of carbonyl (C=O) groups is 3. The van der Waals surface area contributed by atoms with Gasteiger partial charge in [-0.3, -0.25) is 14.5 Å². The number of nitrogens with one attached hydrogen (secondary N) is 2. The van der Waals surface area contributed by atoms with Gasteiger partial charge in [-0.05, 0) is 31.6 Å². The summed E-state index contributed by atoms with van der Waals surface area (Å²) in [7, 11) is 0. The van der Waals surface area contributed by atoms with Crippen LogP contribution in [-0.2, 0) is 9.59 Å². The van der Waals surface area contributed by atoms with Gasteiger partial charge in [0.25, 0.3) is 5.91 Å². The molecule has 1 saturated heterocycles. The number of nitrogens with zero attached hydrogens (tertiary/aromatic N) is 1. The molecule has 4 amide bonds. The van der Waals surface area contributed by atoms with Gasteiger partial charge in [0.15, 0.2) is 0 Å². The van der Waals surface area contributed by atoms with E-state index in [2.05, 4.69) is 10.6 Å². The van der Waals surface area contributed by atoms with Crippen molar-refractivity contribution in [3.63, 3.8) is 0 Å². The first-order valence-electron chi connectivity index (χ1n) is 8.19. The lowest BCUT2D eigenvalue weighted by Gasteiger charge is -2.20. The second-order valence-corrected chi connectivity index (χ2v) is 6.67. The summed E-state index contributed by atoms with van der Waals surface area (Å²) >= 11 is 0. The molecule has 1 aliphatic heterocycles. The van der Waals surface area contributed by atoms with Crippen LogP contribution in [0, 0.1) is 5.92 Å². The van der Waals surface area contributed by atoms with Crippen LogP contribution in [-0.4, -0.2) is 47.4 Å². The summed E-state index contributed by atoms with van der Waals surface area (Å²) in [5, 5.41) is 5.73. The summed E-state index contributed by atoms with van der Waals surface area (Å²) in [4.78, 5) is 37.6. The number of hydrogen-bond acceptors (Lipinski definition) is 4. The van der Waals surface area contributed by atoms with E-state index in [0.717, 1.165) is 25.7 Å². The van der Waals surface area contributed by atoms with Gasteiger partial charge < -0.3 is 16.4 Å². The molecule has 1 unspecified atom stereocenters. The van der Waals surface area contributed by atoms with Gasteiger partial charge in [0, 0.05) is 25.6 Å². The van der Waals surface area contributed by atoms with Crippen LogP contribution < -0.4 is 16.4 Å². The number of amides is 4. The Balaban J connectivity index is 0.00000192. The minimum absolute atomic E-state index is 0. The topological polar surface area (TPSA) is 105 Å². The van der Waals surface area contributed by atoms with Gasteiger partial charge in [-0.2, -0.15) is 0 Å². The molecule has 1 heterocycles. The average Bonchev–Trinajstić information content (AvgIpc) is 3.18. The van der Waals surface area contributed by atoms with E-state index in [0.29, 0.717) is 25.3 Å². The number of urea groups is 1. The molecule has 4 N–H and O–H groups in total. The molecule has 7 nitrogen and oxygen atoms in total. The predicted molar refractivity (Wildman–Crippen MR) is 87.0 cm³/mol. The first-order valence-corrected chi connectivity index (χ1v) is 8.19. The summed E-state index contributed by atoms with van der Waals surface area (Å²) in [5.41, 5.74) is 4.97. The molecule has 3 fully saturated rings. The molecule has 1 atom stereocenters. The molecule has 2 saturated carbocycles. The Bertz CT molecular complexity index is 489. The van der Waals surface area contributed by atoms with E-state index >= 15 is 0 Å². The van der Waals surface area contributed by atoms with Gasteiger partial charge in [0.1, 0.15) is 5.54 Å². The Morgan fingerprint density at radius 2 is 2.00 bits per heavy atom. The second kappa shape index (κ2) is 7.05. The Kier molecular flexibility index (Phi) is 5.52. The van der Waals surface area contributed by atoms with Crippen molar-refractivity contribution >= 4 is 30.3 Å². The fourth-order valence-electron chi connectivity index (χ4n) is 3.56. The van der Waals surface area contributed by atoms with E-state index in [4.69, 9.17) is 5.73 Å². The molecule has 23 heavy (non-hydrogen) atoms. The maximum absolute atomic E-state index is 12.4. The Morgan fingerprint density at radius 3 is 2.57 bits per heavy atom. The van der Waals surface area contributed by atoms with Crippen LogP contribution in [0.4, 0.5) is 4.79 Å². The van der Waals surface area contributed by atoms with Crippen molar-refractivity contribution in [3.05, 3.63) is 0 Å². The van der Waals surface area contributed by atoms with Crippen molar-refractivity contribution in [3.8, 4) is 0 Å².